The van der Waals surface area contributed by atoms with Crippen molar-refractivity contribution in [3.05, 3.63) is 30.1 Å². The minimum Gasteiger partial charge on any atom is -0.383 e. The fourth-order valence-corrected chi connectivity index (χ4v) is 3.93. The Hall–Kier alpha value is -0.980. The van der Waals surface area contributed by atoms with Crippen molar-refractivity contribution in [1.82, 2.24) is 9.29 Å². The van der Waals surface area contributed by atoms with Gasteiger partial charge >= 0.3 is 0 Å². The summed E-state index contributed by atoms with van der Waals surface area (Å²) < 4.78 is 25.4. The molecule has 2 heterocycles. The van der Waals surface area contributed by atoms with Crippen molar-refractivity contribution < 1.29 is 13.5 Å². The highest BCUT2D eigenvalue weighted by Gasteiger charge is 2.38. The number of aromatic nitrogens is 1. The monoisotopic (exact) mass is 284 g/mol. The highest BCUT2D eigenvalue weighted by molar-refractivity contribution is 7.89. The Kier molecular flexibility index (Phi) is 4.23. The van der Waals surface area contributed by atoms with E-state index in [0.29, 0.717) is 38.0 Å². The second kappa shape index (κ2) is 5.56. The van der Waals surface area contributed by atoms with E-state index < -0.39 is 15.6 Å². The first-order valence-electron chi connectivity index (χ1n) is 6.60. The van der Waals surface area contributed by atoms with Crippen molar-refractivity contribution in [2.45, 2.75) is 31.8 Å². The summed E-state index contributed by atoms with van der Waals surface area (Å²) >= 11 is 0. The highest BCUT2D eigenvalue weighted by atomic mass is 32.2. The van der Waals surface area contributed by atoms with E-state index in [2.05, 4.69) is 4.98 Å². The topological polar surface area (TPSA) is 70.5 Å². The number of hydrogen-bond acceptors (Lipinski definition) is 4. The third-order valence-corrected chi connectivity index (χ3v) is 5.62. The number of aliphatic hydroxyl groups is 1. The van der Waals surface area contributed by atoms with Crippen LogP contribution in [0.2, 0.25) is 0 Å². The smallest absolute Gasteiger partial charge is 0.214 e. The zero-order valence-electron chi connectivity index (χ0n) is 11.1. The summed E-state index contributed by atoms with van der Waals surface area (Å²) in [5.41, 5.74) is -0.373. The zero-order valence-corrected chi connectivity index (χ0v) is 11.9. The van der Waals surface area contributed by atoms with E-state index in [1.54, 1.807) is 18.3 Å². The van der Waals surface area contributed by atoms with Crippen LogP contribution in [-0.4, -0.2) is 41.7 Å². The van der Waals surface area contributed by atoms with Crippen LogP contribution in [0.5, 0.6) is 0 Å². The lowest BCUT2D eigenvalue weighted by molar-refractivity contribution is -0.0134. The summed E-state index contributed by atoms with van der Waals surface area (Å²) in [6.45, 7) is 2.57. The van der Waals surface area contributed by atoms with Crippen molar-refractivity contribution in [2.75, 3.05) is 18.8 Å². The molecule has 1 aliphatic heterocycles. The summed E-state index contributed by atoms with van der Waals surface area (Å²) in [7, 11) is -3.16. The maximum Gasteiger partial charge on any atom is 0.214 e. The molecule has 0 saturated carbocycles. The standard InChI is InChI=1S/C13H20N2O3S/c1-2-11-19(17,18)15-9-6-13(16,7-10-15)12-5-3-4-8-14-12/h3-5,8,16H,2,6-7,9-11H2,1H3. The van der Waals surface area contributed by atoms with Gasteiger partial charge in [0.1, 0.15) is 5.60 Å². The van der Waals surface area contributed by atoms with Crippen molar-refractivity contribution >= 4 is 10.0 Å². The molecule has 0 aromatic carbocycles. The predicted octanol–water partition coefficient (Wildman–Crippen LogP) is 1.10. The Morgan fingerprint density at radius 3 is 2.58 bits per heavy atom. The Bertz CT molecular complexity index is 508. The first-order chi connectivity index (χ1) is 8.98. The molecule has 0 unspecified atom stereocenters. The molecular formula is C13H20N2O3S. The van der Waals surface area contributed by atoms with Crippen LogP contribution in [0.15, 0.2) is 24.4 Å². The van der Waals surface area contributed by atoms with Crippen molar-refractivity contribution in [2.24, 2.45) is 0 Å². The van der Waals surface area contributed by atoms with E-state index >= 15 is 0 Å². The van der Waals surface area contributed by atoms with Gasteiger partial charge in [-0.2, -0.15) is 0 Å². The van der Waals surface area contributed by atoms with E-state index in [9.17, 15) is 13.5 Å². The first-order valence-corrected chi connectivity index (χ1v) is 8.20. The van der Waals surface area contributed by atoms with Gasteiger partial charge in [-0.25, -0.2) is 12.7 Å². The average molecular weight is 284 g/mol. The number of sulfonamides is 1. The Morgan fingerprint density at radius 1 is 1.37 bits per heavy atom. The molecule has 1 fully saturated rings. The number of pyridine rings is 1. The van der Waals surface area contributed by atoms with Crippen LogP contribution in [-0.2, 0) is 15.6 Å². The van der Waals surface area contributed by atoms with Crippen LogP contribution in [0.3, 0.4) is 0 Å². The molecule has 1 N–H and O–H groups in total. The van der Waals surface area contributed by atoms with E-state index in [4.69, 9.17) is 0 Å². The third kappa shape index (κ3) is 3.13. The molecule has 0 amide bonds. The van der Waals surface area contributed by atoms with Crippen LogP contribution in [0, 0.1) is 0 Å². The average Bonchev–Trinajstić information content (AvgIpc) is 2.40. The van der Waals surface area contributed by atoms with Gasteiger partial charge in [-0.15, -0.1) is 0 Å². The maximum atomic E-state index is 12.0. The summed E-state index contributed by atoms with van der Waals surface area (Å²) in [5, 5.41) is 10.6. The number of hydrogen-bond donors (Lipinski definition) is 1. The molecule has 106 valence electrons. The zero-order chi connectivity index (χ0) is 13.9. The maximum absolute atomic E-state index is 12.0. The number of nitrogens with zero attached hydrogens (tertiary/aromatic N) is 2. The summed E-state index contributed by atoms with van der Waals surface area (Å²) in [4.78, 5) is 4.18. The van der Waals surface area contributed by atoms with E-state index in [-0.39, 0.29) is 5.75 Å². The second-order valence-electron chi connectivity index (χ2n) is 4.96. The van der Waals surface area contributed by atoms with Crippen LogP contribution in [0.4, 0.5) is 0 Å². The summed E-state index contributed by atoms with van der Waals surface area (Å²) in [6.07, 6.45) is 3.05. The molecule has 0 bridgehead atoms. The van der Waals surface area contributed by atoms with E-state index in [1.165, 1.54) is 4.31 Å². The van der Waals surface area contributed by atoms with E-state index in [0.717, 1.165) is 0 Å². The van der Waals surface area contributed by atoms with Gasteiger partial charge in [-0.1, -0.05) is 13.0 Å². The molecule has 1 saturated heterocycles. The molecule has 0 aliphatic carbocycles. The van der Waals surface area contributed by atoms with Gasteiger partial charge in [0.05, 0.1) is 11.4 Å². The highest BCUT2D eigenvalue weighted by Crippen LogP contribution is 2.32. The number of rotatable bonds is 4. The van der Waals surface area contributed by atoms with Gasteiger partial charge < -0.3 is 5.11 Å². The summed E-state index contributed by atoms with van der Waals surface area (Å²) in [5.74, 6) is 0.176. The van der Waals surface area contributed by atoms with Crippen LogP contribution in [0.1, 0.15) is 31.9 Å². The minimum absolute atomic E-state index is 0.176. The minimum atomic E-state index is -3.16. The lowest BCUT2D eigenvalue weighted by Gasteiger charge is -2.37. The van der Waals surface area contributed by atoms with Crippen LogP contribution in [0.25, 0.3) is 0 Å². The fraction of sp³-hybridized carbons (Fsp3) is 0.615. The normalized spacial score (nSPS) is 20.3. The van der Waals surface area contributed by atoms with Crippen LogP contribution >= 0.6 is 0 Å². The van der Waals surface area contributed by atoms with Gasteiger partial charge in [0.2, 0.25) is 10.0 Å². The largest absolute Gasteiger partial charge is 0.383 e. The molecule has 19 heavy (non-hydrogen) atoms. The SMILES string of the molecule is CCCS(=O)(=O)N1CCC(O)(c2ccccn2)CC1. The van der Waals surface area contributed by atoms with Gasteiger partial charge in [-0.3, -0.25) is 4.98 Å². The van der Waals surface area contributed by atoms with Crippen molar-refractivity contribution in [3.8, 4) is 0 Å². The van der Waals surface area contributed by atoms with Crippen LogP contribution < -0.4 is 0 Å². The molecule has 0 radical (unpaired) electrons. The lowest BCUT2D eigenvalue weighted by Crippen LogP contribution is -2.46. The fourth-order valence-electron chi connectivity index (χ4n) is 2.42. The van der Waals surface area contributed by atoms with Gasteiger partial charge in [0, 0.05) is 19.3 Å². The van der Waals surface area contributed by atoms with Crippen molar-refractivity contribution in [3.63, 3.8) is 0 Å². The van der Waals surface area contributed by atoms with Gasteiger partial charge in [0.15, 0.2) is 0 Å². The molecule has 5 nitrogen and oxygen atoms in total. The predicted molar refractivity (Wildman–Crippen MR) is 73.0 cm³/mol. The summed E-state index contributed by atoms with van der Waals surface area (Å²) in [6, 6.07) is 5.42. The molecule has 6 heteroatoms. The molecule has 0 atom stereocenters. The Labute approximate surface area is 114 Å². The Morgan fingerprint density at radius 2 is 2.05 bits per heavy atom. The lowest BCUT2D eigenvalue weighted by atomic mass is 9.89. The quantitative estimate of drug-likeness (QED) is 0.899. The van der Waals surface area contributed by atoms with Gasteiger partial charge in [0.25, 0.3) is 0 Å². The van der Waals surface area contributed by atoms with E-state index in [1.807, 2.05) is 13.0 Å². The molecule has 2 rings (SSSR count). The second-order valence-corrected chi connectivity index (χ2v) is 7.05. The van der Waals surface area contributed by atoms with Crippen molar-refractivity contribution in [1.29, 1.82) is 0 Å². The Balaban J connectivity index is 2.07. The first kappa shape index (κ1) is 14.4. The molecule has 1 aliphatic rings. The molecule has 1 aromatic rings. The molecule has 0 spiro atoms. The van der Waals surface area contributed by atoms with Gasteiger partial charge in [-0.05, 0) is 31.4 Å². The molecular weight excluding hydrogens is 264 g/mol. The molecule has 1 aromatic heterocycles. The number of piperidine rings is 1. The third-order valence-electron chi connectivity index (χ3n) is 3.55.